The summed E-state index contributed by atoms with van der Waals surface area (Å²) in [5.74, 6) is 0. The minimum absolute atomic E-state index is 0.00208. The summed E-state index contributed by atoms with van der Waals surface area (Å²) in [6.07, 6.45) is 6.35. The van der Waals surface area contributed by atoms with Crippen LogP contribution in [0.3, 0.4) is 0 Å². The highest BCUT2D eigenvalue weighted by Crippen LogP contribution is 1.95. The van der Waals surface area contributed by atoms with E-state index in [0.29, 0.717) is 5.57 Å². The van der Waals surface area contributed by atoms with Crippen LogP contribution in [-0.4, -0.2) is 5.17 Å². The molecular weight excluding hydrogens is 136 g/mol. The van der Waals surface area contributed by atoms with Crippen molar-refractivity contribution in [2.75, 3.05) is 0 Å². The molecule has 0 heterocycles. The van der Waals surface area contributed by atoms with E-state index in [-0.39, 0.29) is 5.17 Å². The molecule has 0 spiro atoms. The van der Waals surface area contributed by atoms with Gasteiger partial charge >= 0.3 is 0 Å². The van der Waals surface area contributed by atoms with Crippen molar-refractivity contribution < 1.29 is 0 Å². The minimum atomic E-state index is -0.00208. The zero-order chi connectivity index (χ0) is 7.28. The molecule has 2 nitrogen and oxygen atoms in total. The second-order valence-corrected chi connectivity index (χ2v) is 1.81. The van der Waals surface area contributed by atoms with E-state index in [2.05, 4.69) is 11.4 Å². The van der Waals surface area contributed by atoms with Crippen LogP contribution in [0.25, 0.3) is 0 Å². The van der Waals surface area contributed by atoms with E-state index < -0.39 is 0 Å². The van der Waals surface area contributed by atoms with Gasteiger partial charge < -0.3 is 5.32 Å². The fourth-order valence-corrected chi connectivity index (χ4v) is 0.268. The van der Waals surface area contributed by atoms with Gasteiger partial charge in [0.15, 0.2) is 0 Å². The molecule has 0 aliphatic rings. The first-order valence-electron chi connectivity index (χ1n) is 2.31. The topological polar surface area (TPSA) is 35.9 Å². The van der Waals surface area contributed by atoms with Gasteiger partial charge in [0.25, 0.3) is 0 Å². The summed E-state index contributed by atoms with van der Waals surface area (Å²) in [5, 5.41) is 9.34. The third kappa shape index (κ3) is 3.63. The van der Waals surface area contributed by atoms with Gasteiger partial charge in [0.05, 0.1) is 0 Å². The first-order chi connectivity index (χ1) is 4.18. The summed E-state index contributed by atoms with van der Waals surface area (Å²) in [5.41, 5.74) is 0.620. The fourth-order valence-electron chi connectivity index (χ4n) is 0.213. The minimum Gasteiger partial charge on any atom is -0.322 e. The van der Waals surface area contributed by atoms with E-state index in [0.717, 1.165) is 0 Å². The van der Waals surface area contributed by atoms with Crippen molar-refractivity contribution in [3.63, 3.8) is 0 Å². The average molecular weight is 143 g/mol. The number of terminal acetylenes is 1. The molecule has 0 atom stereocenters. The van der Waals surface area contributed by atoms with E-state index >= 15 is 0 Å². The van der Waals surface area contributed by atoms with Crippen LogP contribution in [0.15, 0.2) is 11.8 Å². The van der Waals surface area contributed by atoms with E-state index in [1.54, 1.807) is 6.92 Å². The van der Waals surface area contributed by atoms with Crippen molar-refractivity contribution in [1.29, 1.82) is 5.41 Å². The van der Waals surface area contributed by atoms with Crippen molar-refractivity contribution >= 4 is 16.8 Å². The largest absolute Gasteiger partial charge is 0.322 e. The van der Waals surface area contributed by atoms with Crippen molar-refractivity contribution in [3.8, 4) is 12.5 Å². The lowest BCUT2D eigenvalue weighted by Gasteiger charge is -1.91. The molecule has 0 fully saturated rings. The molecule has 0 saturated carbocycles. The molecule has 0 aliphatic carbocycles. The highest BCUT2D eigenvalue weighted by molar-refractivity contribution is 6.68. The zero-order valence-electron chi connectivity index (χ0n) is 5.03. The van der Waals surface area contributed by atoms with Gasteiger partial charge in [-0.05, 0) is 6.92 Å². The lowest BCUT2D eigenvalue weighted by molar-refractivity contribution is 1.23. The quantitative estimate of drug-likeness (QED) is 0.340. The van der Waals surface area contributed by atoms with E-state index in [4.69, 9.17) is 23.4 Å². The molecular formula is C6H7ClN2. The molecule has 0 amide bonds. The monoisotopic (exact) mass is 142 g/mol. The number of hydrogen-bond acceptors (Lipinski definition) is 2. The number of hydrogen-bond donors (Lipinski definition) is 2. The Morgan fingerprint density at radius 1 is 1.89 bits per heavy atom. The van der Waals surface area contributed by atoms with Gasteiger partial charge in [-0.3, -0.25) is 5.41 Å². The molecule has 0 aromatic rings. The standard InChI is InChI=1S/C6H7ClN2/c1-3-9-4-5(2)6(7)8/h1,4,8-9H,2H3/b5-4-,8-6?. The molecule has 0 unspecified atom stereocenters. The molecule has 0 aromatic heterocycles. The van der Waals surface area contributed by atoms with Gasteiger partial charge in [-0.15, -0.1) is 0 Å². The average Bonchev–Trinajstić information content (AvgIpc) is 1.82. The predicted molar refractivity (Wildman–Crippen MR) is 39.3 cm³/mol. The van der Waals surface area contributed by atoms with Crippen molar-refractivity contribution in [3.05, 3.63) is 11.8 Å². The predicted octanol–water partition coefficient (Wildman–Crippen LogP) is 1.29. The molecule has 0 radical (unpaired) electrons. The molecule has 0 bridgehead atoms. The first-order valence-corrected chi connectivity index (χ1v) is 2.68. The van der Waals surface area contributed by atoms with E-state index in [9.17, 15) is 0 Å². The van der Waals surface area contributed by atoms with Crippen molar-refractivity contribution in [1.82, 2.24) is 5.32 Å². The SMILES string of the molecule is C#CN/C=C(/C)C(=N)Cl. The Labute approximate surface area is 59.4 Å². The summed E-state index contributed by atoms with van der Waals surface area (Å²) in [6.45, 7) is 1.69. The van der Waals surface area contributed by atoms with Gasteiger partial charge in [-0.2, -0.15) is 0 Å². The molecule has 0 saturated heterocycles. The van der Waals surface area contributed by atoms with Gasteiger partial charge in [0, 0.05) is 17.8 Å². The van der Waals surface area contributed by atoms with Crippen molar-refractivity contribution in [2.24, 2.45) is 0 Å². The third-order valence-electron chi connectivity index (χ3n) is 0.718. The molecule has 2 N–H and O–H groups in total. The summed E-state index contributed by atoms with van der Waals surface area (Å²) < 4.78 is 0. The maximum absolute atomic E-state index is 6.87. The maximum Gasteiger partial charge on any atom is 0.125 e. The third-order valence-corrected chi connectivity index (χ3v) is 1.02. The van der Waals surface area contributed by atoms with Gasteiger partial charge in [0.1, 0.15) is 5.17 Å². The van der Waals surface area contributed by atoms with Crippen LogP contribution in [0.2, 0.25) is 0 Å². The molecule has 0 aliphatic heterocycles. The Bertz CT molecular complexity index is 176. The number of allylic oxidation sites excluding steroid dienone is 1. The van der Waals surface area contributed by atoms with Crippen LogP contribution in [0.4, 0.5) is 0 Å². The number of nitrogens with one attached hydrogen (secondary N) is 2. The second-order valence-electron chi connectivity index (χ2n) is 1.43. The Morgan fingerprint density at radius 2 is 2.44 bits per heavy atom. The Balaban J connectivity index is 3.88. The zero-order valence-corrected chi connectivity index (χ0v) is 5.79. The van der Waals surface area contributed by atoms with E-state index in [1.807, 2.05) is 0 Å². The lowest BCUT2D eigenvalue weighted by Crippen LogP contribution is -1.97. The lowest BCUT2D eigenvalue weighted by atomic mass is 10.4. The van der Waals surface area contributed by atoms with Crippen LogP contribution < -0.4 is 5.32 Å². The van der Waals surface area contributed by atoms with Crippen LogP contribution >= 0.6 is 11.6 Å². The van der Waals surface area contributed by atoms with Gasteiger partial charge in [0.2, 0.25) is 0 Å². The summed E-state index contributed by atoms with van der Waals surface area (Å²) >= 11 is 5.27. The highest BCUT2D eigenvalue weighted by Gasteiger charge is 1.90. The van der Waals surface area contributed by atoms with Crippen LogP contribution in [-0.2, 0) is 0 Å². The number of halogens is 1. The van der Waals surface area contributed by atoms with Gasteiger partial charge in [-0.1, -0.05) is 18.0 Å². The maximum atomic E-state index is 6.87. The summed E-state index contributed by atoms with van der Waals surface area (Å²) in [6, 6.07) is 2.17. The summed E-state index contributed by atoms with van der Waals surface area (Å²) in [7, 11) is 0. The van der Waals surface area contributed by atoms with Crippen molar-refractivity contribution in [2.45, 2.75) is 6.92 Å². The Morgan fingerprint density at radius 3 is 2.78 bits per heavy atom. The fraction of sp³-hybridized carbons (Fsp3) is 0.167. The Hall–Kier alpha value is -0.940. The number of rotatable bonds is 2. The second kappa shape index (κ2) is 3.99. The van der Waals surface area contributed by atoms with Crippen LogP contribution in [0.5, 0.6) is 0 Å². The summed E-state index contributed by atoms with van der Waals surface area (Å²) in [4.78, 5) is 0. The molecule has 9 heavy (non-hydrogen) atoms. The van der Waals surface area contributed by atoms with E-state index in [1.165, 1.54) is 6.20 Å². The molecule has 0 rings (SSSR count). The molecule has 48 valence electrons. The highest BCUT2D eigenvalue weighted by atomic mass is 35.5. The van der Waals surface area contributed by atoms with Crippen LogP contribution in [0, 0.1) is 17.9 Å². The first kappa shape index (κ1) is 8.06. The normalized spacial score (nSPS) is 10.1. The molecule has 0 aromatic carbocycles. The van der Waals surface area contributed by atoms with Crippen LogP contribution in [0.1, 0.15) is 6.92 Å². The Kier molecular flexibility index (Phi) is 3.57. The molecule has 3 heteroatoms. The van der Waals surface area contributed by atoms with Gasteiger partial charge in [-0.25, -0.2) is 0 Å². The smallest absolute Gasteiger partial charge is 0.125 e.